The molecule has 0 radical (unpaired) electrons. The number of nitrogens with zero attached hydrogens (tertiary/aromatic N) is 4. The summed E-state index contributed by atoms with van der Waals surface area (Å²) in [6.45, 7) is 3.68. The molecule has 0 saturated heterocycles. The Bertz CT molecular complexity index is 621. The molecular weight excluding hydrogens is 328 g/mol. The summed E-state index contributed by atoms with van der Waals surface area (Å²) in [5.41, 5.74) is 1.54. The van der Waals surface area contributed by atoms with Gasteiger partial charge in [0.2, 0.25) is 0 Å². The first-order valence-corrected chi connectivity index (χ1v) is 9.74. The Labute approximate surface area is 157 Å². The second-order valence-electron chi connectivity index (χ2n) is 7.84. The van der Waals surface area contributed by atoms with Gasteiger partial charge >= 0.3 is 0 Å². The fourth-order valence-electron chi connectivity index (χ4n) is 4.40. The normalized spacial score (nSPS) is 25.7. The minimum absolute atomic E-state index is 0.248. The highest BCUT2D eigenvalue weighted by atomic mass is 16.5. The van der Waals surface area contributed by atoms with Gasteiger partial charge in [-0.15, -0.1) is 0 Å². The van der Waals surface area contributed by atoms with Crippen LogP contribution in [0.25, 0.3) is 0 Å². The van der Waals surface area contributed by atoms with Crippen molar-refractivity contribution >= 4 is 5.96 Å². The molecule has 2 aliphatic rings. The molecule has 1 heterocycles. The van der Waals surface area contributed by atoms with Crippen LogP contribution in [-0.2, 0) is 11.8 Å². The second-order valence-corrected chi connectivity index (χ2v) is 7.84. The Morgan fingerprint density at radius 3 is 2.77 bits per heavy atom. The molecule has 2 aliphatic carbocycles. The number of aliphatic imine (C=N–C) groups is 1. The predicted octanol–water partition coefficient (Wildman–Crippen LogP) is 1.54. The molecule has 1 spiro atoms. The fraction of sp³-hybridized carbons (Fsp3) is 0.789. The van der Waals surface area contributed by atoms with Crippen LogP contribution in [0.5, 0.6) is 0 Å². The van der Waals surface area contributed by atoms with E-state index in [1.54, 1.807) is 0 Å². The Kier molecular flexibility index (Phi) is 5.87. The summed E-state index contributed by atoms with van der Waals surface area (Å²) >= 11 is 0. The van der Waals surface area contributed by atoms with Crippen LogP contribution in [0.2, 0.25) is 0 Å². The summed E-state index contributed by atoms with van der Waals surface area (Å²) in [4.78, 5) is 6.66. The van der Waals surface area contributed by atoms with Gasteiger partial charge in [0, 0.05) is 50.5 Å². The molecular formula is C19H34N6O. The quantitative estimate of drug-likeness (QED) is 0.569. The number of ether oxygens (including phenoxy) is 1. The fourth-order valence-corrected chi connectivity index (χ4v) is 4.40. The van der Waals surface area contributed by atoms with Crippen molar-refractivity contribution in [2.24, 2.45) is 17.5 Å². The van der Waals surface area contributed by atoms with Crippen LogP contribution >= 0.6 is 0 Å². The molecule has 1 aromatic rings. The lowest BCUT2D eigenvalue weighted by Gasteiger charge is -2.61. The predicted molar refractivity (Wildman–Crippen MR) is 104 cm³/mol. The summed E-state index contributed by atoms with van der Waals surface area (Å²) in [5, 5.41) is 11.5. The SMILES string of the molecule is CCOC1CC(NC(=NC)NCC(c2cnn(C)c2)N(C)C)C12CCC2. The zero-order valence-corrected chi connectivity index (χ0v) is 16.8. The molecule has 26 heavy (non-hydrogen) atoms. The topological polar surface area (TPSA) is 66.7 Å². The summed E-state index contributed by atoms with van der Waals surface area (Å²) in [6.07, 6.45) is 9.35. The molecule has 0 aliphatic heterocycles. The van der Waals surface area contributed by atoms with Crippen LogP contribution in [0.4, 0.5) is 0 Å². The first-order chi connectivity index (χ1) is 12.5. The minimum atomic E-state index is 0.248. The average molecular weight is 363 g/mol. The van der Waals surface area contributed by atoms with Crippen molar-refractivity contribution in [1.29, 1.82) is 0 Å². The Morgan fingerprint density at radius 1 is 1.50 bits per heavy atom. The van der Waals surface area contributed by atoms with Gasteiger partial charge in [-0.05, 0) is 40.3 Å². The highest BCUT2D eigenvalue weighted by molar-refractivity contribution is 5.80. The van der Waals surface area contributed by atoms with E-state index >= 15 is 0 Å². The molecule has 3 unspecified atom stereocenters. The van der Waals surface area contributed by atoms with Gasteiger partial charge in [0.05, 0.1) is 18.3 Å². The van der Waals surface area contributed by atoms with E-state index in [4.69, 9.17) is 4.74 Å². The number of guanidine groups is 1. The Hall–Kier alpha value is -1.60. The first-order valence-electron chi connectivity index (χ1n) is 9.74. The average Bonchev–Trinajstić information content (AvgIpc) is 2.96. The van der Waals surface area contributed by atoms with Crippen LogP contribution in [0, 0.1) is 5.41 Å². The summed E-state index contributed by atoms with van der Waals surface area (Å²) in [7, 11) is 7.98. The van der Waals surface area contributed by atoms with Gasteiger partial charge in [-0.1, -0.05) is 6.42 Å². The molecule has 3 atom stereocenters. The van der Waals surface area contributed by atoms with Gasteiger partial charge in [0.15, 0.2) is 5.96 Å². The van der Waals surface area contributed by atoms with E-state index in [1.807, 2.05) is 25.0 Å². The molecule has 0 aromatic carbocycles. The standard InChI is InChI=1S/C19H34N6O/c1-6-26-17-10-16(19(17)8-7-9-19)23-18(20-2)21-12-15(24(3)4)14-11-22-25(5)13-14/h11,13,15-17H,6-10,12H2,1-5H3,(H2,20,21,23). The van der Waals surface area contributed by atoms with Crippen LogP contribution in [0.3, 0.4) is 0 Å². The van der Waals surface area contributed by atoms with Crippen molar-refractivity contribution in [3.05, 3.63) is 18.0 Å². The molecule has 1 aromatic heterocycles. The molecule has 0 bridgehead atoms. The van der Waals surface area contributed by atoms with Crippen molar-refractivity contribution < 1.29 is 4.74 Å². The van der Waals surface area contributed by atoms with Crippen molar-refractivity contribution in [1.82, 2.24) is 25.3 Å². The van der Waals surface area contributed by atoms with Crippen LogP contribution < -0.4 is 10.6 Å². The molecule has 7 heteroatoms. The van der Waals surface area contributed by atoms with Crippen molar-refractivity contribution in [2.45, 2.75) is 50.8 Å². The highest BCUT2D eigenvalue weighted by Gasteiger charge is 2.59. The van der Waals surface area contributed by atoms with E-state index in [0.29, 0.717) is 17.6 Å². The van der Waals surface area contributed by atoms with Gasteiger partial charge in [-0.2, -0.15) is 5.10 Å². The van der Waals surface area contributed by atoms with Crippen LogP contribution in [0.1, 0.15) is 44.2 Å². The number of aryl methyl sites for hydroxylation is 1. The smallest absolute Gasteiger partial charge is 0.191 e. The second kappa shape index (κ2) is 7.96. The lowest BCUT2D eigenvalue weighted by atomic mass is 9.51. The van der Waals surface area contributed by atoms with Gasteiger partial charge in [-0.25, -0.2) is 0 Å². The molecule has 2 saturated carbocycles. The lowest BCUT2D eigenvalue weighted by molar-refractivity contribution is -0.168. The Balaban J connectivity index is 1.56. The zero-order chi connectivity index (χ0) is 18.7. The molecule has 3 rings (SSSR count). The molecule has 146 valence electrons. The minimum Gasteiger partial charge on any atom is -0.378 e. The number of nitrogens with one attached hydrogen (secondary N) is 2. The number of aromatic nitrogens is 2. The third kappa shape index (κ3) is 3.60. The largest absolute Gasteiger partial charge is 0.378 e. The van der Waals surface area contributed by atoms with E-state index in [1.165, 1.54) is 24.8 Å². The van der Waals surface area contributed by atoms with Crippen molar-refractivity contribution in [3.8, 4) is 0 Å². The molecule has 2 N–H and O–H groups in total. The van der Waals surface area contributed by atoms with Crippen LogP contribution in [0.15, 0.2) is 17.4 Å². The monoisotopic (exact) mass is 362 g/mol. The first kappa shape index (κ1) is 19.2. The summed E-state index contributed by atoms with van der Waals surface area (Å²) in [5.74, 6) is 0.881. The van der Waals surface area contributed by atoms with Gasteiger partial charge in [0.1, 0.15) is 0 Å². The highest BCUT2D eigenvalue weighted by Crippen LogP contribution is 2.57. The van der Waals surface area contributed by atoms with Gasteiger partial charge in [0.25, 0.3) is 0 Å². The number of hydrogen-bond donors (Lipinski definition) is 2. The summed E-state index contributed by atoms with van der Waals surface area (Å²) < 4.78 is 7.80. The summed E-state index contributed by atoms with van der Waals surface area (Å²) in [6, 6.07) is 0.715. The third-order valence-corrected chi connectivity index (χ3v) is 6.17. The maximum Gasteiger partial charge on any atom is 0.191 e. The third-order valence-electron chi connectivity index (χ3n) is 6.17. The molecule has 0 amide bonds. The van der Waals surface area contributed by atoms with Gasteiger partial charge < -0.3 is 20.3 Å². The van der Waals surface area contributed by atoms with Crippen molar-refractivity contribution in [2.75, 3.05) is 34.3 Å². The Morgan fingerprint density at radius 2 is 2.27 bits per heavy atom. The maximum absolute atomic E-state index is 5.95. The number of rotatable bonds is 7. The van der Waals surface area contributed by atoms with E-state index in [0.717, 1.165) is 25.5 Å². The van der Waals surface area contributed by atoms with Crippen molar-refractivity contribution in [3.63, 3.8) is 0 Å². The zero-order valence-electron chi connectivity index (χ0n) is 16.8. The van der Waals surface area contributed by atoms with Crippen LogP contribution in [-0.4, -0.2) is 67.1 Å². The number of likely N-dealkylation sites (N-methyl/N-ethyl adjacent to an activating group) is 1. The molecule has 7 nitrogen and oxygen atoms in total. The maximum atomic E-state index is 5.95. The van der Waals surface area contributed by atoms with Gasteiger partial charge in [-0.3, -0.25) is 9.67 Å². The molecule has 2 fully saturated rings. The van der Waals surface area contributed by atoms with E-state index in [-0.39, 0.29) is 6.04 Å². The lowest BCUT2D eigenvalue weighted by Crippen LogP contribution is -2.68. The number of hydrogen-bond acceptors (Lipinski definition) is 4. The van der Waals surface area contributed by atoms with E-state index in [2.05, 4.69) is 52.8 Å². The van der Waals surface area contributed by atoms with E-state index in [9.17, 15) is 0 Å². The van der Waals surface area contributed by atoms with E-state index < -0.39 is 0 Å².